The summed E-state index contributed by atoms with van der Waals surface area (Å²) in [5.74, 6) is -0.146. The topological polar surface area (TPSA) is 52.0 Å². The van der Waals surface area contributed by atoms with Crippen molar-refractivity contribution >= 4 is 0 Å². The maximum Gasteiger partial charge on any atom is 0.165 e. The molecule has 1 aromatic heterocycles. The second kappa shape index (κ2) is 6.22. The van der Waals surface area contributed by atoms with Crippen LogP contribution in [0.25, 0.3) is 0 Å². The van der Waals surface area contributed by atoms with Crippen molar-refractivity contribution in [2.75, 3.05) is 0 Å². The first-order chi connectivity index (χ1) is 9.83. The van der Waals surface area contributed by atoms with Gasteiger partial charge in [0.25, 0.3) is 0 Å². The zero-order valence-corrected chi connectivity index (χ0v) is 12.9. The molecule has 0 saturated heterocycles. The van der Waals surface area contributed by atoms with Crippen LogP contribution in [0.3, 0.4) is 0 Å². The first-order valence-electron chi connectivity index (χ1n) is 6.85. The van der Waals surface area contributed by atoms with Gasteiger partial charge in [-0.05, 0) is 38.5 Å². The lowest BCUT2D eigenvalue weighted by molar-refractivity contribution is 0.285. The third kappa shape index (κ3) is 4.82. The quantitative estimate of drug-likeness (QED) is 0.919. The minimum Gasteiger partial charge on any atom is -0.484 e. The summed E-state index contributed by atoms with van der Waals surface area (Å²) in [5, 5.41) is 11.0. The van der Waals surface area contributed by atoms with Crippen LogP contribution in [0.15, 0.2) is 24.4 Å². The molecule has 0 fully saturated rings. The van der Waals surface area contributed by atoms with Gasteiger partial charge in [0.1, 0.15) is 12.3 Å². The molecule has 2 rings (SSSR count). The molecule has 0 atom stereocenters. The van der Waals surface area contributed by atoms with Crippen LogP contribution in [-0.2, 0) is 20.2 Å². The van der Waals surface area contributed by atoms with Gasteiger partial charge in [-0.2, -0.15) is 0 Å². The van der Waals surface area contributed by atoms with E-state index in [1.54, 1.807) is 24.0 Å². The van der Waals surface area contributed by atoms with E-state index in [4.69, 9.17) is 4.74 Å². The molecule has 0 unspecified atom stereocenters. The van der Waals surface area contributed by atoms with Crippen molar-refractivity contribution in [3.05, 3.63) is 41.5 Å². The van der Waals surface area contributed by atoms with Crippen molar-refractivity contribution in [1.82, 2.24) is 20.3 Å². The minimum absolute atomic E-state index is 0.00235. The van der Waals surface area contributed by atoms with Crippen molar-refractivity contribution in [2.45, 2.75) is 39.5 Å². The Kier molecular flexibility index (Phi) is 4.57. The monoisotopic (exact) mass is 292 g/mol. The number of aryl methyl sites for hydroxylation is 1. The van der Waals surface area contributed by atoms with Gasteiger partial charge in [0, 0.05) is 19.1 Å². The Labute approximate surface area is 124 Å². The molecule has 0 saturated carbocycles. The number of aromatic nitrogens is 3. The molecule has 0 amide bonds. The van der Waals surface area contributed by atoms with E-state index in [1.165, 1.54) is 6.07 Å². The van der Waals surface area contributed by atoms with Gasteiger partial charge in [-0.15, -0.1) is 5.10 Å². The lowest BCUT2D eigenvalue weighted by atomic mass is 10.1. The van der Waals surface area contributed by atoms with Gasteiger partial charge in [0.05, 0.1) is 6.20 Å². The van der Waals surface area contributed by atoms with Crippen LogP contribution in [0.4, 0.5) is 4.39 Å². The van der Waals surface area contributed by atoms with Gasteiger partial charge in [-0.1, -0.05) is 11.3 Å². The number of ether oxygens (including phenoxy) is 1. The molecular weight excluding hydrogens is 271 g/mol. The predicted octanol–water partition coefficient (Wildman–Crippen LogP) is 2.42. The van der Waals surface area contributed by atoms with E-state index in [9.17, 15) is 4.39 Å². The maximum absolute atomic E-state index is 14.0. The molecule has 6 heteroatoms. The average Bonchev–Trinajstić information content (AvgIpc) is 2.80. The van der Waals surface area contributed by atoms with Crippen LogP contribution in [-0.4, -0.2) is 20.5 Å². The number of hydrogen-bond donors (Lipinski definition) is 1. The summed E-state index contributed by atoms with van der Waals surface area (Å²) in [7, 11) is 1.77. The molecule has 0 aliphatic heterocycles. The minimum atomic E-state index is -0.368. The molecular formula is C15H21FN4O. The standard InChI is InChI=1S/C15H21FN4O/c1-15(2,3)17-8-11-5-6-14(13(16)7-11)21-10-12-9-20(4)19-18-12/h5-7,9,17H,8,10H2,1-4H3. The summed E-state index contributed by atoms with van der Waals surface area (Å²) in [6, 6.07) is 4.99. The van der Waals surface area contributed by atoms with E-state index in [-0.39, 0.29) is 23.7 Å². The van der Waals surface area contributed by atoms with Crippen LogP contribution >= 0.6 is 0 Å². The number of hydrogen-bond acceptors (Lipinski definition) is 4. The molecule has 0 aliphatic rings. The average molecular weight is 292 g/mol. The summed E-state index contributed by atoms with van der Waals surface area (Å²) < 4.78 is 21.0. The fraction of sp³-hybridized carbons (Fsp3) is 0.467. The molecule has 114 valence electrons. The molecule has 0 bridgehead atoms. The van der Waals surface area contributed by atoms with Gasteiger partial charge < -0.3 is 10.1 Å². The zero-order valence-electron chi connectivity index (χ0n) is 12.9. The molecule has 0 aliphatic carbocycles. The highest BCUT2D eigenvalue weighted by Gasteiger charge is 2.10. The molecule has 2 aromatic rings. The van der Waals surface area contributed by atoms with E-state index < -0.39 is 0 Å². The van der Waals surface area contributed by atoms with Crippen molar-refractivity contribution in [2.24, 2.45) is 7.05 Å². The first-order valence-corrected chi connectivity index (χ1v) is 6.85. The van der Waals surface area contributed by atoms with Crippen LogP contribution in [0.5, 0.6) is 5.75 Å². The first kappa shape index (κ1) is 15.4. The number of benzene rings is 1. The van der Waals surface area contributed by atoms with Gasteiger partial charge in [-0.3, -0.25) is 4.68 Å². The molecule has 5 nitrogen and oxygen atoms in total. The summed E-state index contributed by atoms with van der Waals surface area (Å²) in [5.41, 5.74) is 1.54. The normalized spacial score (nSPS) is 11.7. The Bertz CT molecular complexity index is 604. The zero-order chi connectivity index (χ0) is 15.5. The highest BCUT2D eigenvalue weighted by Crippen LogP contribution is 2.19. The lowest BCUT2D eigenvalue weighted by Crippen LogP contribution is -2.35. The molecule has 0 radical (unpaired) electrons. The number of nitrogens with one attached hydrogen (secondary N) is 1. The van der Waals surface area contributed by atoms with Crippen molar-refractivity contribution in [3.8, 4) is 5.75 Å². The fourth-order valence-electron chi connectivity index (χ4n) is 1.75. The summed E-state index contributed by atoms with van der Waals surface area (Å²) in [6.07, 6.45) is 1.74. The van der Waals surface area contributed by atoms with Crippen LogP contribution < -0.4 is 10.1 Å². The predicted molar refractivity (Wildman–Crippen MR) is 78.3 cm³/mol. The van der Waals surface area contributed by atoms with Crippen molar-refractivity contribution < 1.29 is 9.13 Å². The number of halogens is 1. The summed E-state index contributed by atoms with van der Waals surface area (Å²) in [4.78, 5) is 0. The van der Waals surface area contributed by atoms with Crippen LogP contribution in [0, 0.1) is 5.82 Å². The van der Waals surface area contributed by atoms with Crippen molar-refractivity contribution in [1.29, 1.82) is 0 Å². The van der Waals surface area contributed by atoms with E-state index in [1.807, 2.05) is 6.07 Å². The van der Waals surface area contributed by atoms with E-state index in [0.717, 1.165) is 5.56 Å². The third-order valence-corrected chi connectivity index (χ3v) is 2.84. The SMILES string of the molecule is Cn1cc(COc2ccc(CNC(C)(C)C)cc2F)nn1. The Balaban J connectivity index is 1.95. The van der Waals surface area contributed by atoms with Crippen LogP contribution in [0.1, 0.15) is 32.0 Å². The van der Waals surface area contributed by atoms with Crippen molar-refractivity contribution in [3.63, 3.8) is 0 Å². The van der Waals surface area contributed by atoms with Crippen LogP contribution in [0.2, 0.25) is 0 Å². The van der Waals surface area contributed by atoms with Gasteiger partial charge in [0.2, 0.25) is 0 Å². The van der Waals surface area contributed by atoms with Gasteiger partial charge in [0.15, 0.2) is 11.6 Å². The van der Waals surface area contributed by atoms with Gasteiger partial charge >= 0.3 is 0 Å². The smallest absolute Gasteiger partial charge is 0.165 e. The van der Waals surface area contributed by atoms with E-state index >= 15 is 0 Å². The Morgan fingerprint density at radius 1 is 1.33 bits per heavy atom. The molecule has 21 heavy (non-hydrogen) atoms. The second-order valence-electron chi connectivity index (χ2n) is 6.04. The third-order valence-electron chi connectivity index (χ3n) is 2.84. The number of rotatable bonds is 5. The Morgan fingerprint density at radius 3 is 2.67 bits per heavy atom. The molecule has 1 aromatic carbocycles. The highest BCUT2D eigenvalue weighted by molar-refractivity contribution is 5.29. The number of nitrogens with zero attached hydrogens (tertiary/aromatic N) is 3. The largest absolute Gasteiger partial charge is 0.484 e. The molecule has 1 heterocycles. The molecule has 1 N–H and O–H groups in total. The summed E-state index contributed by atoms with van der Waals surface area (Å²) in [6.45, 7) is 7.03. The molecule has 0 spiro atoms. The lowest BCUT2D eigenvalue weighted by Gasteiger charge is -2.20. The highest BCUT2D eigenvalue weighted by atomic mass is 19.1. The Morgan fingerprint density at radius 2 is 2.10 bits per heavy atom. The Hall–Kier alpha value is -1.95. The van der Waals surface area contributed by atoms with Gasteiger partial charge in [-0.25, -0.2) is 4.39 Å². The summed E-state index contributed by atoms with van der Waals surface area (Å²) >= 11 is 0. The van der Waals surface area contributed by atoms with E-state index in [2.05, 4.69) is 36.4 Å². The fourth-order valence-corrected chi connectivity index (χ4v) is 1.75. The maximum atomic E-state index is 14.0. The second-order valence-corrected chi connectivity index (χ2v) is 6.04. The van der Waals surface area contributed by atoms with E-state index in [0.29, 0.717) is 12.2 Å².